The quantitative estimate of drug-likeness (QED) is 0.0211. The maximum absolute atomic E-state index is 12.8. The zero-order chi connectivity index (χ0) is 58.4. The first-order valence-electron chi connectivity index (χ1n) is 34.0. The van der Waals surface area contributed by atoms with E-state index < -0.39 is 26.5 Å². The standard InChI is InChI=1S/C70H130NO8P/c1-6-8-10-12-14-16-18-20-22-24-26-28-29-30-31-32-33-34-35-36-37-38-39-40-41-43-44-46-48-50-52-54-56-58-60-62-69(72)76-66-68(67-78-80(74,75)77-65-64-71(3,4)5)79-70(73)63-61-59-57-55-53-51-49-47-45-42-27-25-23-21-19-17-15-13-11-9-7-2/h9,11,15,17,21,23,27,42,47,49,68H,6-8,10,12-14,16,18-20,22,24-26,28-41,43-46,48,50-67H2,1-5H3/p+1/b11-9-,17-15-,23-21-,42-27-,49-47-. The highest BCUT2D eigenvalue weighted by Gasteiger charge is 2.27. The smallest absolute Gasteiger partial charge is 0.462 e. The molecule has 2 unspecified atom stereocenters. The van der Waals surface area contributed by atoms with E-state index in [2.05, 4.69) is 74.6 Å². The van der Waals surface area contributed by atoms with Crippen LogP contribution < -0.4 is 0 Å². The number of allylic oxidation sites excluding steroid dienone is 10. The molecule has 1 N–H and O–H groups in total. The van der Waals surface area contributed by atoms with Crippen LogP contribution in [0, 0.1) is 0 Å². The van der Waals surface area contributed by atoms with Crippen LogP contribution in [0.25, 0.3) is 0 Å². The number of phosphoric acid groups is 1. The fraction of sp³-hybridized carbons (Fsp3) is 0.829. The van der Waals surface area contributed by atoms with Gasteiger partial charge in [0.2, 0.25) is 0 Å². The molecule has 0 radical (unpaired) electrons. The lowest BCUT2D eigenvalue weighted by Gasteiger charge is -2.24. The summed E-state index contributed by atoms with van der Waals surface area (Å²) >= 11 is 0. The van der Waals surface area contributed by atoms with E-state index in [1.54, 1.807) is 0 Å². The van der Waals surface area contributed by atoms with Crippen LogP contribution in [0.15, 0.2) is 60.8 Å². The number of hydrogen-bond donors (Lipinski definition) is 1. The highest BCUT2D eigenvalue weighted by molar-refractivity contribution is 7.47. The topological polar surface area (TPSA) is 108 Å². The predicted octanol–water partition coefficient (Wildman–Crippen LogP) is 21.8. The van der Waals surface area contributed by atoms with E-state index in [4.69, 9.17) is 18.5 Å². The van der Waals surface area contributed by atoms with Crippen LogP contribution in [0.4, 0.5) is 0 Å². The first-order chi connectivity index (χ1) is 39.0. The third kappa shape index (κ3) is 64.9. The molecule has 0 aliphatic heterocycles. The summed E-state index contributed by atoms with van der Waals surface area (Å²) in [5, 5.41) is 0. The van der Waals surface area contributed by atoms with Gasteiger partial charge in [0.05, 0.1) is 27.7 Å². The van der Waals surface area contributed by atoms with Crippen molar-refractivity contribution >= 4 is 19.8 Å². The van der Waals surface area contributed by atoms with Gasteiger partial charge in [-0.15, -0.1) is 0 Å². The van der Waals surface area contributed by atoms with Crippen molar-refractivity contribution in [2.45, 2.75) is 328 Å². The molecule has 0 aromatic rings. The number of nitrogens with zero attached hydrogens (tertiary/aromatic N) is 1. The van der Waals surface area contributed by atoms with Gasteiger partial charge in [-0.05, 0) is 57.8 Å². The van der Waals surface area contributed by atoms with Crippen molar-refractivity contribution in [3.05, 3.63) is 60.8 Å². The van der Waals surface area contributed by atoms with Crippen LogP contribution in [-0.4, -0.2) is 74.9 Å². The molecule has 468 valence electrons. The lowest BCUT2D eigenvalue weighted by atomic mass is 10.0. The summed E-state index contributed by atoms with van der Waals surface area (Å²) in [7, 11) is 1.47. The van der Waals surface area contributed by atoms with Crippen LogP contribution in [0.3, 0.4) is 0 Å². The molecule has 0 spiro atoms. The normalized spacial score (nSPS) is 13.5. The van der Waals surface area contributed by atoms with E-state index in [-0.39, 0.29) is 32.0 Å². The van der Waals surface area contributed by atoms with Gasteiger partial charge in [-0.2, -0.15) is 0 Å². The van der Waals surface area contributed by atoms with E-state index in [0.29, 0.717) is 17.4 Å². The fourth-order valence-electron chi connectivity index (χ4n) is 9.87. The van der Waals surface area contributed by atoms with Crippen LogP contribution in [-0.2, 0) is 32.7 Å². The number of quaternary nitrogens is 1. The number of hydrogen-bond acceptors (Lipinski definition) is 7. The van der Waals surface area contributed by atoms with E-state index in [9.17, 15) is 19.0 Å². The van der Waals surface area contributed by atoms with Gasteiger partial charge in [-0.3, -0.25) is 18.6 Å². The van der Waals surface area contributed by atoms with E-state index in [1.165, 1.54) is 205 Å². The van der Waals surface area contributed by atoms with Crippen molar-refractivity contribution in [3.63, 3.8) is 0 Å². The van der Waals surface area contributed by atoms with Crippen molar-refractivity contribution in [2.75, 3.05) is 47.5 Å². The highest BCUT2D eigenvalue weighted by atomic mass is 31.2. The summed E-state index contributed by atoms with van der Waals surface area (Å²) in [6, 6.07) is 0. The maximum Gasteiger partial charge on any atom is 0.472 e. The minimum Gasteiger partial charge on any atom is -0.462 e. The molecule has 2 atom stereocenters. The predicted molar refractivity (Wildman–Crippen MR) is 344 cm³/mol. The number of esters is 2. The van der Waals surface area contributed by atoms with Crippen LogP contribution in [0.2, 0.25) is 0 Å². The minimum atomic E-state index is -4.40. The molecule has 0 heterocycles. The average molecular weight is 1150 g/mol. The summed E-state index contributed by atoms with van der Waals surface area (Å²) < 4.78 is 34.6. The summed E-state index contributed by atoms with van der Waals surface area (Å²) in [5.74, 6) is -0.808. The van der Waals surface area contributed by atoms with Crippen LogP contribution >= 0.6 is 7.82 Å². The van der Waals surface area contributed by atoms with Gasteiger partial charge in [0.25, 0.3) is 0 Å². The number of carbonyl (C=O) groups excluding carboxylic acids is 2. The van der Waals surface area contributed by atoms with Gasteiger partial charge >= 0.3 is 19.8 Å². The number of rotatable bonds is 63. The lowest BCUT2D eigenvalue weighted by Crippen LogP contribution is -2.37. The molecule has 0 amide bonds. The van der Waals surface area contributed by atoms with Crippen molar-refractivity contribution in [1.82, 2.24) is 0 Å². The molecule has 0 bridgehead atoms. The molecule has 0 saturated carbocycles. The van der Waals surface area contributed by atoms with Gasteiger partial charge < -0.3 is 18.9 Å². The fourth-order valence-corrected chi connectivity index (χ4v) is 10.6. The largest absolute Gasteiger partial charge is 0.472 e. The Labute approximate surface area is 496 Å². The molecule has 0 saturated heterocycles. The molecule has 9 nitrogen and oxygen atoms in total. The Morgan fingerprint density at radius 1 is 0.400 bits per heavy atom. The second-order valence-electron chi connectivity index (χ2n) is 24.2. The monoisotopic (exact) mass is 1140 g/mol. The Hall–Kier alpha value is -2.29. The summed E-state index contributed by atoms with van der Waals surface area (Å²) in [4.78, 5) is 35.8. The Balaban J connectivity index is 3.98. The number of ether oxygens (including phenoxy) is 2. The van der Waals surface area contributed by atoms with Crippen LogP contribution in [0.1, 0.15) is 322 Å². The molecule has 0 aromatic heterocycles. The maximum atomic E-state index is 12.8. The first kappa shape index (κ1) is 77.7. The molecule has 0 fully saturated rings. The Bertz CT molecular complexity index is 1530. The molecule has 0 aliphatic rings. The Kier molecular flexibility index (Phi) is 59.5. The van der Waals surface area contributed by atoms with Crippen molar-refractivity contribution in [3.8, 4) is 0 Å². The molecule has 0 aliphatic carbocycles. The second kappa shape index (κ2) is 61.3. The third-order valence-electron chi connectivity index (χ3n) is 15.1. The second-order valence-corrected chi connectivity index (χ2v) is 25.6. The van der Waals surface area contributed by atoms with Gasteiger partial charge in [0, 0.05) is 12.8 Å². The molecule has 10 heteroatoms. The minimum absolute atomic E-state index is 0.0266. The number of carbonyl (C=O) groups is 2. The third-order valence-corrected chi connectivity index (χ3v) is 16.0. The molecular weight excluding hydrogens is 1010 g/mol. The number of unbranched alkanes of at least 4 members (excludes halogenated alkanes) is 39. The zero-order valence-electron chi connectivity index (χ0n) is 53.3. The Morgan fingerprint density at radius 2 is 0.713 bits per heavy atom. The first-order valence-corrected chi connectivity index (χ1v) is 35.5. The van der Waals surface area contributed by atoms with Gasteiger partial charge in [-0.25, -0.2) is 4.57 Å². The van der Waals surface area contributed by atoms with Gasteiger partial charge in [0.1, 0.15) is 19.8 Å². The van der Waals surface area contributed by atoms with Crippen molar-refractivity contribution in [1.29, 1.82) is 0 Å². The SMILES string of the molecule is CC/C=C\C/C=C\C/C=C\C/C=C\C/C=C\CCCCCCCC(=O)OC(COC(=O)CCCCCCCCCCCCCCCCCCCCCCCCCCCCCCCCCCCCC)COP(=O)(O)OCC[N+](C)(C)C. The number of likely N-dealkylation sites (N-methyl/N-ethyl adjacent to an activating group) is 1. The molecular formula is C70H131NO8P+. The van der Waals surface area contributed by atoms with Crippen molar-refractivity contribution in [2.24, 2.45) is 0 Å². The van der Waals surface area contributed by atoms with Crippen molar-refractivity contribution < 1.29 is 42.1 Å². The number of phosphoric ester groups is 1. The summed E-state index contributed by atoms with van der Waals surface area (Å²) in [6.45, 7) is 4.34. The molecule has 0 rings (SSSR count). The van der Waals surface area contributed by atoms with E-state index in [1.807, 2.05) is 21.1 Å². The van der Waals surface area contributed by atoms with E-state index in [0.717, 1.165) is 83.5 Å². The summed E-state index contributed by atoms with van der Waals surface area (Å²) in [5.41, 5.74) is 0. The van der Waals surface area contributed by atoms with Gasteiger partial charge in [0.15, 0.2) is 6.10 Å². The molecule has 80 heavy (non-hydrogen) atoms. The summed E-state index contributed by atoms with van der Waals surface area (Å²) in [6.07, 6.45) is 80.5. The molecule has 0 aromatic carbocycles. The average Bonchev–Trinajstić information content (AvgIpc) is 3.42. The zero-order valence-corrected chi connectivity index (χ0v) is 54.2. The van der Waals surface area contributed by atoms with E-state index >= 15 is 0 Å². The Morgan fingerprint density at radius 3 is 1.06 bits per heavy atom. The van der Waals surface area contributed by atoms with Crippen LogP contribution in [0.5, 0.6) is 0 Å². The van der Waals surface area contributed by atoms with Gasteiger partial charge in [-0.1, -0.05) is 312 Å². The lowest BCUT2D eigenvalue weighted by molar-refractivity contribution is -0.870. The highest BCUT2D eigenvalue weighted by Crippen LogP contribution is 2.43.